The Morgan fingerprint density at radius 2 is 1.71 bits per heavy atom. The predicted octanol–water partition coefficient (Wildman–Crippen LogP) is 4.20. The molecule has 2 fully saturated rings. The monoisotopic (exact) mass is 513 g/mol. The van der Waals surface area contributed by atoms with Gasteiger partial charge in [0.1, 0.15) is 6.04 Å². The first kappa shape index (κ1) is 24.8. The third kappa shape index (κ3) is 5.34. The van der Waals surface area contributed by atoms with Crippen molar-refractivity contribution < 1.29 is 22.8 Å². The fourth-order valence-corrected chi connectivity index (χ4v) is 4.88. The fourth-order valence-electron chi connectivity index (χ4n) is 4.29. The van der Waals surface area contributed by atoms with E-state index in [1.54, 1.807) is 23.1 Å². The van der Waals surface area contributed by atoms with Gasteiger partial charge in [-0.2, -0.15) is 13.2 Å². The van der Waals surface area contributed by atoms with Crippen molar-refractivity contribution in [2.75, 3.05) is 26.2 Å². The molecule has 182 valence electrons. The number of amides is 2. The summed E-state index contributed by atoms with van der Waals surface area (Å²) in [6.45, 7) is 2.26. The van der Waals surface area contributed by atoms with Gasteiger partial charge in [-0.25, -0.2) is 0 Å². The van der Waals surface area contributed by atoms with Crippen molar-refractivity contribution in [2.45, 2.75) is 36.9 Å². The van der Waals surface area contributed by atoms with Gasteiger partial charge in [0.05, 0.1) is 11.0 Å². The van der Waals surface area contributed by atoms with E-state index in [-0.39, 0.29) is 18.2 Å². The zero-order valence-electron chi connectivity index (χ0n) is 18.2. The molecule has 2 aliphatic rings. The molecule has 2 aromatic rings. The minimum absolute atomic E-state index is 0.0804. The van der Waals surface area contributed by atoms with E-state index in [4.69, 9.17) is 23.2 Å². The maximum atomic E-state index is 13.4. The molecule has 10 heteroatoms. The molecular formula is C24H24Cl2F3N3O2. The Labute approximate surface area is 205 Å². The van der Waals surface area contributed by atoms with Gasteiger partial charge in [0.15, 0.2) is 0 Å². The van der Waals surface area contributed by atoms with Crippen LogP contribution in [0.4, 0.5) is 13.2 Å². The molecule has 1 saturated heterocycles. The molecule has 2 N–H and O–H groups in total. The average Bonchev–Trinajstić information content (AvgIpc) is 3.60. The number of piperazine rings is 1. The second kappa shape index (κ2) is 9.76. The Morgan fingerprint density at radius 1 is 1.06 bits per heavy atom. The number of carbonyl (C=O) groups is 2. The summed E-state index contributed by atoms with van der Waals surface area (Å²) in [5, 5.41) is 6.90. The largest absolute Gasteiger partial charge is 0.416 e. The summed E-state index contributed by atoms with van der Waals surface area (Å²) in [5.41, 5.74) is -0.432. The third-order valence-corrected chi connectivity index (χ3v) is 6.93. The van der Waals surface area contributed by atoms with Gasteiger partial charge in [0.25, 0.3) is 0 Å². The van der Waals surface area contributed by atoms with Crippen LogP contribution in [0.2, 0.25) is 10.0 Å². The van der Waals surface area contributed by atoms with E-state index in [1.807, 2.05) is 0 Å². The van der Waals surface area contributed by atoms with Gasteiger partial charge in [0.2, 0.25) is 11.8 Å². The number of halogens is 5. The number of carbonyl (C=O) groups excluding carboxylic acids is 2. The molecule has 34 heavy (non-hydrogen) atoms. The fraction of sp³-hybridized carbons (Fsp3) is 0.417. The standard InChI is InChI=1S/C24H24Cl2F3N3O2/c25-17-5-6-18(19(26)14-17)23(7-8-23)22(34)31-20(21(33)32-11-9-30-10-12-32)13-15-1-3-16(4-2-15)24(27,28)29/h1-6,14,20,30H,7-13H2,(H,31,34)/t20-/m0/s1. The Balaban J connectivity index is 1.56. The van der Waals surface area contributed by atoms with Crippen molar-refractivity contribution in [1.29, 1.82) is 0 Å². The van der Waals surface area contributed by atoms with E-state index in [1.165, 1.54) is 12.1 Å². The van der Waals surface area contributed by atoms with Gasteiger partial charge >= 0.3 is 6.18 Å². The first-order valence-corrected chi connectivity index (χ1v) is 11.8. The highest BCUT2D eigenvalue weighted by molar-refractivity contribution is 6.35. The van der Waals surface area contributed by atoms with Crippen LogP contribution in [-0.2, 0) is 27.6 Å². The van der Waals surface area contributed by atoms with Crippen molar-refractivity contribution in [3.8, 4) is 0 Å². The molecule has 1 aliphatic carbocycles. The summed E-state index contributed by atoms with van der Waals surface area (Å²) in [6, 6.07) is 8.72. The molecule has 0 unspecified atom stereocenters. The van der Waals surface area contributed by atoms with E-state index in [9.17, 15) is 22.8 Å². The summed E-state index contributed by atoms with van der Waals surface area (Å²) < 4.78 is 38.8. The molecular weight excluding hydrogens is 490 g/mol. The zero-order valence-corrected chi connectivity index (χ0v) is 19.7. The Bertz CT molecular complexity index is 1070. The summed E-state index contributed by atoms with van der Waals surface area (Å²) in [6.07, 6.45) is -3.21. The van der Waals surface area contributed by atoms with Gasteiger partial charge < -0.3 is 15.5 Å². The molecule has 2 amide bonds. The lowest BCUT2D eigenvalue weighted by molar-refractivity contribution is -0.138. The number of hydrogen-bond donors (Lipinski definition) is 2. The summed E-state index contributed by atoms with van der Waals surface area (Å²) >= 11 is 12.4. The summed E-state index contributed by atoms with van der Waals surface area (Å²) in [5.74, 6) is -0.579. The maximum Gasteiger partial charge on any atom is 0.416 e. The van der Waals surface area contributed by atoms with Gasteiger partial charge in [-0.15, -0.1) is 0 Å². The van der Waals surface area contributed by atoms with Crippen molar-refractivity contribution >= 4 is 35.0 Å². The number of rotatable bonds is 6. The number of benzene rings is 2. The highest BCUT2D eigenvalue weighted by Gasteiger charge is 2.53. The predicted molar refractivity (Wildman–Crippen MR) is 124 cm³/mol. The lowest BCUT2D eigenvalue weighted by Crippen LogP contribution is -2.56. The van der Waals surface area contributed by atoms with Gasteiger partial charge in [-0.1, -0.05) is 41.4 Å². The SMILES string of the molecule is O=C([C@H](Cc1ccc(C(F)(F)F)cc1)NC(=O)C1(c2ccc(Cl)cc2Cl)CC1)N1CCNCC1. The molecule has 0 aromatic heterocycles. The van der Waals surface area contributed by atoms with Crippen LogP contribution in [0.3, 0.4) is 0 Å². The van der Waals surface area contributed by atoms with Gasteiger partial charge in [-0.3, -0.25) is 9.59 Å². The minimum atomic E-state index is -4.45. The second-order valence-corrected chi connectivity index (χ2v) is 9.55. The van der Waals surface area contributed by atoms with Crippen LogP contribution in [0.1, 0.15) is 29.5 Å². The molecule has 1 atom stereocenters. The highest BCUT2D eigenvalue weighted by Crippen LogP contribution is 2.51. The van der Waals surface area contributed by atoms with Crippen LogP contribution < -0.4 is 10.6 Å². The molecule has 5 nitrogen and oxygen atoms in total. The minimum Gasteiger partial charge on any atom is -0.343 e. The molecule has 0 bridgehead atoms. The van der Waals surface area contributed by atoms with E-state index >= 15 is 0 Å². The molecule has 1 saturated carbocycles. The number of nitrogens with one attached hydrogen (secondary N) is 2. The van der Waals surface area contributed by atoms with Gasteiger partial charge in [0, 0.05) is 42.6 Å². The zero-order chi connectivity index (χ0) is 24.5. The topological polar surface area (TPSA) is 61.4 Å². The van der Waals surface area contributed by atoms with Crippen molar-refractivity contribution in [1.82, 2.24) is 15.5 Å². The van der Waals surface area contributed by atoms with Crippen LogP contribution in [-0.4, -0.2) is 48.9 Å². The van der Waals surface area contributed by atoms with Crippen molar-refractivity contribution in [3.63, 3.8) is 0 Å². The quantitative estimate of drug-likeness (QED) is 0.608. The van der Waals surface area contributed by atoms with E-state index in [0.29, 0.717) is 60.2 Å². The maximum absolute atomic E-state index is 13.4. The Hall–Kier alpha value is -2.29. The Morgan fingerprint density at radius 3 is 2.26 bits per heavy atom. The Kier molecular flexibility index (Phi) is 7.12. The molecule has 1 heterocycles. The van der Waals surface area contributed by atoms with Gasteiger partial charge in [-0.05, 0) is 48.2 Å². The summed E-state index contributed by atoms with van der Waals surface area (Å²) in [7, 11) is 0. The van der Waals surface area contributed by atoms with E-state index in [2.05, 4.69) is 10.6 Å². The number of nitrogens with zero attached hydrogens (tertiary/aromatic N) is 1. The molecule has 0 spiro atoms. The molecule has 2 aromatic carbocycles. The lowest BCUT2D eigenvalue weighted by atomic mass is 9.93. The first-order chi connectivity index (χ1) is 16.1. The van der Waals surface area contributed by atoms with Crippen molar-refractivity contribution in [3.05, 3.63) is 69.2 Å². The third-order valence-electron chi connectivity index (χ3n) is 6.38. The number of hydrogen-bond acceptors (Lipinski definition) is 3. The highest BCUT2D eigenvalue weighted by atomic mass is 35.5. The van der Waals surface area contributed by atoms with Crippen LogP contribution in [0.5, 0.6) is 0 Å². The lowest BCUT2D eigenvalue weighted by Gasteiger charge is -2.32. The summed E-state index contributed by atoms with van der Waals surface area (Å²) in [4.78, 5) is 28.4. The van der Waals surface area contributed by atoms with Crippen LogP contribution in [0.25, 0.3) is 0 Å². The molecule has 4 rings (SSSR count). The molecule has 0 radical (unpaired) electrons. The normalized spacial score (nSPS) is 18.3. The number of alkyl halides is 3. The van der Waals surface area contributed by atoms with Crippen molar-refractivity contribution in [2.24, 2.45) is 0 Å². The van der Waals surface area contributed by atoms with Crippen LogP contribution in [0.15, 0.2) is 42.5 Å². The molecule has 1 aliphatic heterocycles. The van der Waals surface area contributed by atoms with E-state index in [0.717, 1.165) is 12.1 Å². The van der Waals surface area contributed by atoms with Crippen LogP contribution >= 0.6 is 23.2 Å². The van der Waals surface area contributed by atoms with E-state index < -0.39 is 23.2 Å². The average molecular weight is 514 g/mol. The second-order valence-electron chi connectivity index (χ2n) is 8.71. The van der Waals surface area contributed by atoms with Crippen LogP contribution in [0, 0.1) is 0 Å². The first-order valence-electron chi connectivity index (χ1n) is 11.0. The smallest absolute Gasteiger partial charge is 0.343 e.